The molecule has 2 amide bonds. The third kappa shape index (κ3) is 1.82. The van der Waals surface area contributed by atoms with E-state index >= 15 is 0 Å². The Bertz CT molecular complexity index is 228. The van der Waals surface area contributed by atoms with Gasteiger partial charge in [0.1, 0.15) is 5.92 Å². The monoisotopic (exact) mass is 184 g/mol. The first-order valence-corrected chi connectivity index (χ1v) is 4.58. The maximum absolute atomic E-state index is 11.6. The van der Waals surface area contributed by atoms with Gasteiger partial charge in [0.15, 0.2) is 0 Å². The van der Waals surface area contributed by atoms with Gasteiger partial charge >= 0.3 is 0 Å². The highest BCUT2D eigenvalue weighted by molar-refractivity contribution is 6.01. The standard InChI is InChI=1S/C9H16N2O2/c1-4-10(2)8(12)7-5-6-11(3)9(7)13/h7H,4-6H2,1-3H3. The van der Waals surface area contributed by atoms with Gasteiger partial charge in [0.25, 0.3) is 0 Å². The van der Waals surface area contributed by atoms with E-state index in [1.165, 1.54) is 0 Å². The lowest BCUT2D eigenvalue weighted by atomic mass is 10.1. The molecule has 1 fully saturated rings. The summed E-state index contributed by atoms with van der Waals surface area (Å²) in [4.78, 5) is 26.3. The summed E-state index contributed by atoms with van der Waals surface area (Å²) >= 11 is 0. The Morgan fingerprint density at radius 1 is 1.69 bits per heavy atom. The molecule has 1 unspecified atom stereocenters. The van der Waals surface area contributed by atoms with Crippen LogP contribution in [-0.2, 0) is 9.59 Å². The zero-order valence-electron chi connectivity index (χ0n) is 8.41. The van der Waals surface area contributed by atoms with Crippen LogP contribution < -0.4 is 0 Å². The quantitative estimate of drug-likeness (QED) is 0.564. The van der Waals surface area contributed by atoms with E-state index in [2.05, 4.69) is 0 Å². The highest BCUT2D eigenvalue weighted by atomic mass is 16.2. The predicted molar refractivity (Wildman–Crippen MR) is 49.1 cm³/mol. The van der Waals surface area contributed by atoms with Crippen LogP contribution in [0.5, 0.6) is 0 Å². The number of amides is 2. The van der Waals surface area contributed by atoms with Gasteiger partial charge in [0.2, 0.25) is 11.8 Å². The van der Waals surface area contributed by atoms with Crippen molar-refractivity contribution in [1.29, 1.82) is 0 Å². The fraction of sp³-hybridized carbons (Fsp3) is 0.778. The van der Waals surface area contributed by atoms with E-state index in [0.29, 0.717) is 19.5 Å². The van der Waals surface area contributed by atoms with Gasteiger partial charge in [0, 0.05) is 27.2 Å². The minimum atomic E-state index is -0.421. The lowest BCUT2D eigenvalue weighted by Gasteiger charge is -2.18. The van der Waals surface area contributed by atoms with Gasteiger partial charge in [-0.05, 0) is 13.3 Å². The Hall–Kier alpha value is -1.06. The molecule has 0 spiro atoms. The number of hydrogen-bond donors (Lipinski definition) is 0. The third-order valence-corrected chi connectivity index (χ3v) is 2.58. The van der Waals surface area contributed by atoms with Crippen LogP contribution in [-0.4, -0.2) is 48.8 Å². The first-order chi connectivity index (χ1) is 6.07. The molecular weight excluding hydrogens is 168 g/mol. The summed E-state index contributed by atoms with van der Waals surface area (Å²) in [6, 6.07) is 0. The summed E-state index contributed by atoms with van der Waals surface area (Å²) in [5, 5.41) is 0. The molecule has 1 aliphatic heterocycles. The summed E-state index contributed by atoms with van der Waals surface area (Å²) in [7, 11) is 3.47. The molecule has 0 aliphatic carbocycles. The van der Waals surface area contributed by atoms with E-state index in [1.807, 2.05) is 6.92 Å². The highest BCUT2D eigenvalue weighted by Gasteiger charge is 2.35. The number of carbonyl (C=O) groups excluding carboxylic acids is 2. The molecule has 13 heavy (non-hydrogen) atoms. The molecule has 0 saturated carbocycles. The molecule has 0 aromatic rings. The topological polar surface area (TPSA) is 40.6 Å². The second-order valence-electron chi connectivity index (χ2n) is 3.45. The summed E-state index contributed by atoms with van der Waals surface area (Å²) in [5.41, 5.74) is 0. The predicted octanol–water partition coefficient (Wildman–Crippen LogP) is -0.0570. The average Bonchev–Trinajstić information content (AvgIpc) is 2.45. The minimum absolute atomic E-state index is 0.0368. The van der Waals surface area contributed by atoms with Gasteiger partial charge in [-0.1, -0.05) is 0 Å². The molecule has 0 aromatic heterocycles. The van der Waals surface area contributed by atoms with Gasteiger partial charge in [0.05, 0.1) is 0 Å². The SMILES string of the molecule is CCN(C)C(=O)C1CCN(C)C1=O. The molecule has 0 bridgehead atoms. The van der Waals surface area contributed by atoms with Crippen LogP contribution >= 0.6 is 0 Å². The maximum Gasteiger partial charge on any atom is 0.234 e. The van der Waals surface area contributed by atoms with E-state index in [0.717, 1.165) is 0 Å². The van der Waals surface area contributed by atoms with Crippen molar-refractivity contribution in [1.82, 2.24) is 9.80 Å². The zero-order valence-corrected chi connectivity index (χ0v) is 8.41. The minimum Gasteiger partial charge on any atom is -0.345 e. The molecule has 1 atom stereocenters. The average molecular weight is 184 g/mol. The zero-order chi connectivity index (χ0) is 10.0. The Labute approximate surface area is 78.5 Å². The van der Waals surface area contributed by atoms with Gasteiger partial charge in [-0.15, -0.1) is 0 Å². The van der Waals surface area contributed by atoms with Crippen LogP contribution in [0.4, 0.5) is 0 Å². The Balaban J connectivity index is 2.63. The Kier molecular flexibility index (Phi) is 2.90. The van der Waals surface area contributed by atoms with Gasteiger partial charge in [-0.3, -0.25) is 9.59 Å². The van der Waals surface area contributed by atoms with Crippen molar-refractivity contribution >= 4 is 11.8 Å². The van der Waals surface area contributed by atoms with Gasteiger partial charge < -0.3 is 9.80 Å². The van der Waals surface area contributed by atoms with Crippen LogP contribution in [0.25, 0.3) is 0 Å². The maximum atomic E-state index is 11.6. The van der Waals surface area contributed by atoms with Crippen LogP contribution in [0.15, 0.2) is 0 Å². The summed E-state index contributed by atoms with van der Waals surface area (Å²) in [5.74, 6) is -0.503. The van der Waals surface area contributed by atoms with Crippen molar-refractivity contribution < 1.29 is 9.59 Å². The molecule has 4 nitrogen and oxygen atoms in total. The van der Waals surface area contributed by atoms with E-state index in [-0.39, 0.29) is 11.8 Å². The molecule has 74 valence electrons. The van der Waals surface area contributed by atoms with E-state index in [9.17, 15) is 9.59 Å². The molecule has 4 heteroatoms. The molecule has 0 N–H and O–H groups in total. The van der Waals surface area contributed by atoms with E-state index in [4.69, 9.17) is 0 Å². The highest BCUT2D eigenvalue weighted by Crippen LogP contribution is 2.18. The van der Waals surface area contributed by atoms with Crippen LogP contribution in [0, 0.1) is 5.92 Å². The second-order valence-corrected chi connectivity index (χ2v) is 3.45. The normalized spacial score (nSPS) is 22.2. The molecular formula is C9H16N2O2. The molecule has 1 heterocycles. The van der Waals surface area contributed by atoms with E-state index < -0.39 is 5.92 Å². The van der Waals surface area contributed by atoms with Crippen LogP contribution in [0.1, 0.15) is 13.3 Å². The van der Waals surface area contributed by atoms with Crippen LogP contribution in [0.2, 0.25) is 0 Å². The molecule has 1 rings (SSSR count). The van der Waals surface area contributed by atoms with Crippen molar-refractivity contribution in [3.63, 3.8) is 0 Å². The molecule has 1 aliphatic rings. The second kappa shape index (κ2) is 3.77. The largest absolute Gasteiger partial charge is 0.345 e. The van der Waals surface area contributed by atoms with Gasteiger partial charge in [-0.25, -0.2) is 0 Å². The fourth-order valence-corrected chi connectivity index (χ4v) is 1.47. The third-order valence-electron chi connectivity index (χ3n) is 2.58. The fourth-order valence-electron chi connectivity index (χ4n) is 1.47. The summed E-state index contributed by atoms with van der Waals surface area (Å²) < 4.78 is 0. The first-order valence-electron chi connectivity index (χ1n) is 4.58. The number of rotatable bonds is 2. The van der Waals surface area contributed by atoms with Crippen molar-refractivity contribution in [3.8, 4) is 0 Å². The van der Waals surface area contributed by atoms with Crippen molar-refractivity contribution in [3.05, 3.63) is 0 Å². The number of hydrogen-bond acceptors (Lipinski definition) is 2. The Morgan fingerprint density at radius 3 is 2.69 bits per heavy atom. The lowest BCUT2D eigenvalue weighted by Crippen LogP contribution is -2.36. The first kappa shape index (κ1) is 10.0. The van der Waals surface area contributed by atoms with Crippen molar-refractivity contribution in [2.24, 2.45) is 5.92 Å². The summed E-state index contributed by atoms with van der Waals surface area (Å²) in [6.45, 7) is 3.26. The lowest BCUT2D eigenvalue weighted by molar-refractivity contribution is -0.141. The smallest absolute Gasteiger partial charge is 0.234 e. The van der Waals surface area contributed by atoms with Gasteiger partial charge in [-0.2, -0.15) is 0 Å². The Morgan fingerprint density at radius 2 is 2.31 bits per heavy atom. The number of likely N-dealkylation sites (tertiary alicyclic amines) is 1. The molecule has 0 aromatic carbocycles. The van der Waals surface area contributed by atoms with Crippen molar-refractivity contribution in [2.75, 3.05) is 27.2 Å². The van der Waals surface area contributed by atoms with Crippen molar-refractivity contribution in [2.45, 2.75) is 13.3 Å². The molecule has 0 radical (unpaired) electrons. The number of carbonyl (C=O) groups is 2. The summed E-state index contributed by atoms with van der Waals surface area (Å²) in [6.07, 6.45) is 0.665. The van der Waals surface area contributed by atoms with E-state index in [1.54, 1.807) is 23.9 Å². The number of nitrogens with zero attached hydrogens (tertiary/aromatic N) is 2. The van der Waals surface area contributed by atoms with Crippen LogP contribution in [0.3, 0.4) is 0 Å². The molecule has 1 saturated heterocycles.